The van der Waals surface area contributed by atoms with Crippen molar-refractivity contribution in [2.75, 3.05) is 51.3 Å². The maximum atomic E-state index is 12.6. The van der Waals surface area contributed by atoms with Crippen molar-refractivity contribution < 1.29 is 19.0 Å². The molecule has 30 heavy (non-hydrogen) atoms. The van der Waals surface area contributed by atoms with Crippen molar-refractivity contribution in [1.82, 2.24) is 4.90 Å². The number of hydrogen-bond acceptors (Lipinski definition) is 6. The molecule has 4 rings (SSSR count). The lowest BCUT2D eigenvalue weighted by Gasteiger charge is -2.36. The number of rotatable bonds is 7. The number of hydrogen-bond donors (Lipinski definition) is 0. The van der Waals surface area contributed by atoms with Crippen LogP contribution in [0.1, 0.15) is 23.2 Å². The largest absolute Gasteiger partial charge is 0.495 e. The number of ether oxygens (including phenoxy) is 3. The molecule has 0 spiro atoms. The number of piperazine rings is 1. The van der Waals surface area contributed by atoms with Crippen LogP contribution in [0.25, 0.3) is 0 Å². The van der Waals surface area contributed by atoms with Crippen LogP contribution < -0.4 is 19.1 Å². The molecule has 0 radical (unpaired) electrons. The second-order valence-corrected chi connectivity index (χ2v) is 7.49. The first kappa shape index (κ1) is 20.3. The lowest BCUT2D eigenvalue weighted by molar-refractivity contribution is 0.0973. The standard InChI is InChI=1S/C24H28N2O4/c1-28-22-8-3-2-6-20(22)26-14-12-25(13-15-26)11-4-7-21(27)19-9-10-23-24(18-19)30-17-5-16-29-23/h2-3,5-6,8-10,16,18H,4,7,11-15,17H2,1H3. The van der Waals surface area contributed by atoms with E-state index in [-0.39, 0.29) is 5.78 Å². The van der Waals surface area contributed by atoms with Gasteiger partial charge in [0.15, 0.2) is 17.3 Å². The van der Waals surface area contributed by atoms with Crippen LogP contribution in [0.3, 0.4) is 0 Å². The minimum absolute atomic E-state index is 0.145. The van der Waals surface area contributed by atoms with Crippen molar-refractivity contribution in [2.45, 2.75) is 12.8 Å². The summed E-state index contributed by atoms with van der Waals surface area (Å²) >= 11 is 0. The number of carbonyl (C=O) groups is 1. The molecule has 0 aromatic heterocycles. The van der Waals surface area contributed by atoms with Crippen molar-refractivity contribution >= 4 is 11.5 Å². The molecule has 0 N–H and O–H groups in total. The zero-order valence-electron chi connectivity index (χ0n) is 17.4. The summed E-state index contributed by atoms with van der Waals surface area (Å²) in [7, 11) is 1.71. The summed E-state index contributed by atoms with van der Waals surface area (Å²) in [6.07, 6.45) is 4.80. The number of nitrogens with zero attached hydrogens (tertiary/aromatic N) is 2. The van der Waals surface area contributed by atoms with Gasteiger partial charge in [-0.15, -0.1) is 0 Å². The third-order valence-electron chi connectivity index (χ3n) is 5.57. The zero-order valence-corrected chi connectivity index (χ0v) is 17.4. The number of Topliss-reactive ketones (excluding diaryl/α,β-unsaturated/α-hetero) is 1. The summed E-state index contributed by atoms with van der Waals surface area (Å²) in [6, 6.07) is 13.6. The number of ketones is 1. The van der Waals surface area contributed by atoms with Crippen LogP contribution in [-0.4, -0.2) is 57.1 Å². The van der Waals surface area contributed by atoms with Gasteiger partial charge in [-0.1, -0.05) is 12.1 Å². The molecule has 1 fully saturated rings. The van der Waals surface area contributed by atoms with Gasteiger partial charge in [0.1, 0.15) is 12.4 Å². The van der Waals surface area contributed by atoms with E-state index in [1.807, 2.05) is 24.3 Å². The molecule has 2 heterocycles. The fourth-order valence-corrected chi connectivity index (χ4v) is 3.90. The molecule has 0 atom stereocenters. The van der Waals surface area contributed by atoms with Crippen molar-refractivity contribution in [3.05, 3.63) is 60.4 Å². The molecule has 0 unspecified atom stereocenters. The fraction of sp³-hybridized carbons (Fsp3) is 0.375. The predicted octanol–water partition coefficient (Wildman–Crippen LogP) is 3.77. The van der Waals surface area contributed by atoms with Crippen molar-refractivity contribution in [2.24, 2.45) is 0 Å². The van der Waals surface area contributed by atoms with Crippen LogP contribution in [0.5, 0.6) is 17.2 Å². The van der Waals surface area contributed by atoms with Crippen LogP contribution >= 0.6 is 0 Å². The van der Waals surface area contributed by atoms with E-state index in [1.54, 1.807) is 31.6 Å². The van der Waals surface area contributed by atoms with Gasteiger partial charge in [-0.05, 0) is 49.4 Å². The Labute approximate surface area is 177 Å². The Morgan fingerprint density at radius 2 is 1.90 bits per heavy atom. The van der Waals surface area contributed by atoms with Gasteiger partial charge in [0.05, 0.1) is 19.1 Å². The van der Waals surface area contributed by atoms with Crippen LogP contribution in [-0.2, 0) is 0 Å². The Balaban J connectivity index is 1.24. The van der Waals surface area contributed by atoms with Crippen LogP contribution in [0.2, 0.25) is 0 Å². The first-order valence-electron chi connectivity index (χ1n) is 10.5. The molecule has 2 aliphatic heterocycles. The first-order valence-corrected chi connectivity index (χ1v) is 10.5. The van der Waals surface area contributed by atoms with Crippen molar-refractivity contribution in [3.8, 4) is 17.2 Å². The van der Waals surface area contributed by atoms with Gasteiger partial charge in [0.25, 0.3) is 0 Å². The molecule has 2 aliphatic rings. The first-order chi connectivity index (χ1) is 14.7. The topological polar surface area (TPSA) is 51.2 Å². The highest BCUT2D eigenvalue weighted by Crippen LogP contribution is 2.31. The van der Waals surface area contributed by atoms with Crippen LogP contribution in [0.15, 0.2) is 54.8 Å². The van der Waals surface area contributed by atoms with E-state index in [1.165, 1.54) is 0 Å². The molecule has 2 aromatic carbocycles. The van der Waals surface area contributed by atoms with E-state index >= 15 is 0 Å². The lowest BCUT2D eigenvalue weighted by Crippen LogP contribution is -2.46. The maximum Gasteiger partial charge on any atom is 0.168 e. The number of para-hydroxylation sites is 2. The highest BCUT2D eigenvalue weighted by molar-refractivity contribution is 5.96. The molecular weight excluding hydrogens is 380 g/mol. The molecule has 0 amide bonds. The van der Waals surface area contributed by atoms with Gasteiger partial charge < -0.3 is 19.1 Å². The SMILES string of the molecule is COc1ccccc1N1CCN(CCCC(=O)c2ccc3c(c2)OCC=CO3)CC1. The minimum atomic E-state index is 0.145. The summed E-state index contributed by atoms with van der Waals surface area (Å²) < 4.78 is 16.6. The molecular formula is C24H28N2O4. The number of anilines is 1. The van der Waals surface area contributed by atoms with E-state index in [2.05, 4.69) is 15.9 Å². The third kappa shape index (κ3) is 4.76. The summed E-state index contributed by atoms with van der Waals surface area (Å²) in [5.41, 5.74) is 1.83. The van der Waals surface area contributed by atoms with E-state index in [9.17, 15) is 4.79 Å². The maximum absolute atomic E-state index is 12.6. The van der Waals surface area contributed by atoms with Gasteiger partial charge in [-0.2, -0.15) is 0 Å². The average Bonchev–Trinajstić information content (AvgIpc) is 3.04. The van der Waals surface area contributed by atoms with Gasteiger partial charge in [-0.25, -0.2) is 0 Å². The Morgan fingerprint density at radius 1 is 1.07 bits per heavy atom. The molecule has 158 valence electrons. The van der Waals surface area contributed by atoms with Crippen LogP contribution in [0, 0.1) is 0 Å². The number of benzene rings is 2. The molecule has 0 saturated carbocycles. The normalized spacial score (nSPS) is 16.2. The van der Waals surface area contributed by atoms with Crippen molar-refractivity contribution in [1.29, 1.82) is 0 Å². The second kappa shape index (κ2) is 9.67. The second-order valence-electron chi connectivity index (χ2n) is 7.49. The van der Waals surface area contributed by atoms with Gasteiger partial charge >= 0.3 is 0 Å². The average molecular weight is 408 g/mol. The van der Waals surface area contributed by atoms with Gasteiger partial charge in [-0.3, -0.25) is 9.69 Å². The number of methoxy groups -OCH3 is 1. The molecule has 1 saturated heterocycles. The highest BCUT2D eigenvalue weighted by atomic mass is 16.5. The number of carbonyl (C=O) groups excluding carboxylic acids is 1. The summed E-state index contributed by atoms with van der Waals surface area (Å²) in [4.78, 5) is 17.4. The van der Waals surface area contributed by atoms with Gasteiger partial charge in [0.2, 0.25) is 0 Å². The monoisotopic (exact) mass is 408 g/mol. The fourth-order valence-electron chi connectivity index (χ4n) is 3.90. The number of fused-ring (bicyclic) bond motifs is 1. The summed E-state index contributed by atoms with van der Waals surface area (Å²) in [6.45, 7) is 5.28. The molecule has 6 nitrogen and oxygen atoms in total. The summed E-state index contributed by atoms with van der Waals surface area (Å²) in [5.74, 6) is 2.33. The minimum Gasteiger partial charge on any atom is -0.495 e. The Kier molecular flexibility index (Phi) is 6.54. The summed E-state index contributed by atoms with van der Waals surface area (Å²) in [5, 5.41) is 0. The zero-order chi connectivity index (χ0) is 20.8. The van der Waals surface area contributed by atoms with E-state index in [0.29, 0.717) is 30.1 Å². The van der Waals surface area contributed by atoms with Gasteiger partial charge in [0, 0.05) is 38.2 Å². The molecule has 6 heteroatoms. The van der Waals surface area contributed by atoms with E-state index in [0.717, 1.165) is 50.6 Å². The van der Waals surface area contributed by atoms with Crippen molar-refractivity contribution in [3.63, 3.8) is 0 Å². The smallest absolute Gasteiger partial charge is 0.168 e. The highest BCUT2D eigenvalue weighted by Gasteiger charge is 2.20. The molecule has 0 bridgehead atoms. The Bertz CT molecular complexity index is 904. The lowest BCUT2D eigenvalue weighted by atomic mass is 10.1. The Hall–Kier alpha value is -2.99. The Morgan fingerprint density at radius 3 is 2.73 bits per heavy atom. The van der Waals surface area contributed by atoms with E-state index < -0.39 is 0 Å². The quantitative estimate of drug-likeness (QED) is 0.650. The predicted molar refractivity (Wildman–Crippen MR) is 117 cm³/mol. The molecule has 2 aromatic rings. The third-order valence-corrected chi connectivity index (χ3v) is 5.57. The molecule has 0 aliphatic carbocycles. The van der Waals surface area contributed by atoms with Crippen LogP contribution in [0.4, 0.5) is 5.69 Å². The van der Waals surface area contributed by atoms with E-state index in [4.69, 9.17) is 14.2 Å².